The summed E-state index contributed by atoms with van der Waals surface area (Å²) >= 11 is 0. The van der Waals surface area contributed by atoms with Crippen molar-refractivity contribution in [2.75, 3.05) is 11.5 Å². The fraction of sp³-hybridized carbons (Fsp3) is 0.500. The summed E-state index contributed by atoms with van der Waals surface area (Å²) in [4.78, 5) is 10.1. The number of sulfone groups is 1. The quantitative estimate of drug-likeness (QED) is 0.524. The first-order valence-electron chi connectivity index (χ1n) is 3.01. The van der Waals surface area contributed by atoms with E-state index in [2.05, 4.69) is 0 Å². The molecule has 3 N–H and O–H groups in total. The Balaban J connectivity index is 4.28. The Morgan fingerprint density at radius 2 is 2.17 bits per heavy atom. The van der Waals surface area contributed by atoms with Crippen molar-refractivity contribution in [3.8, 4) is 12.3 Å². The number of rotatable bonds is 4. The summed E-state index contributed by atoms with van der Waals surface area (Å²) in [7, 11) is -3.52. The Hall–Kier alpha value is -1.06. The molecule has 0 aromatic heterocycles. The molecule has 12 heavy (non-hydrogen) atoms. The molecule has 68 valence electrons. The summed E-state index contributed by atoms with van der Waals surface area (Å²) in [5, 5.41) is 8.27. The summed E-state index contributed by atoms with van der Waals surface area (Å²) in [6, 6.07) is -1.40. The van der Waals surface area contributed by atoms with E-state index in [9.17, 15) is 13.2 Å². The van der Waals surface area contributed by atoms with Crippen LogP contribution in [0.25, 0.3) is 0 Å². The highest BCUT2D eigenvalue weighted by Gasteiger charge is 2.20. The molecule has 0 bridgehead atoms. The molecule has 0 aromatic rings. The molecule has 1 unspecified atom stereocenters. The average Bonchev–Trinajstić information content (AvgIpc) is 1.85. The monoisotopic (exact) mass is 191 g/mol. The maximum absolute atomic E-state index is 10.9. The Morgan fingerprint density at radius 1 is 1.67 bits per heavy atom. The van der Waals surface area contributed by atoms with E-state index in [1.165, 1.54) is 0 Å². The van der Waals surface area contributed by atoms with Crippen molar-refractivity contribution in [2.24, 2.45) is 5.73 Å². The van der Waals surface area contributed by atoms with Crippen LogP contribution < -0.4 is 5.73 Å². The minimum atomic E-state index is -3.52. The van der Waals surface area contributed by atoms with Crippen molar-refractivity contribution in [2.45, 2.75) is 6.04 Å². The van der Waals surface area contributed by atoms with Gasteiger partial charge < -0.3 is 10.8 Å². The molecule has 5 nitrogen and oxygen atoms in total. The molecule has 0 rings (SSSR count). The van der Waals surface area contributed by atoms with Gasteiger partial charge in [-0.05, 0) is 0 Å². The predicted octanol–water partition coefficient (Wildman–Crippen LogP) is -1.55. The first-order chi connectivity index (χ1) is 5.39. The third-order valence-electron chi connectivity index (χ3n) is 1.05. The van der Waals surface area contributed by atoms with Gasteiger partial charge in [0.1, 0.15) is 11.8 Å². The van der Waals surface area contributed by atoms with Gasteiger partial charge in [-0.2, -0.15) is 0 Å². The molecular weight excluding hydrogens is 182 g/mol. The molecule has 0 aromatic carbocycles. The van der Waals surface area contributed by atoms with E-state index >= 15 is 0 Å². The van der Waals surface area contributed by atoms with Gasteiger partial charge in [0.25, 0.3) is 0 Å². The minimum absolute atomic E-state index is 0.478. The lowest BCUT2D eigenvalue weighted by atomic mass is 10.4. The van der Waals surface area contributed by atoms with Gasteiger partial charge in [0.15, 0.2) is 9.84 Å². The van der Waals surface area contributed by atoms with Crippen molar-refractivity contribution < 1.29 is 18.3 Å². The van der Waals surface area contributed by atoms with Crippen molar-refractivity contribution in [1.82, 2.24) is 0 Å². The van der Waals surface area contributed by atoms with Crippen LogP contribution in [-0.2, 0) is 14.6 Å². The number of nitrogens with two attached hydrogens (primary N) is 1. The van der Waals surface area contributed by atoms with Gasteiger partial charge in [-0.25, -0.2) is 8.42 Å². The van der Waals surface area contributed by atoms with Gasteiger partial charge in [0.2, 0.25) is 0 Å². The number of terminal acetylenes is 1. The topological polar surface area (TPSA) is 97.5 Å². The predicted molar refractivity (Wildman–Crippen MR) is 43.1 cm³/mol. The molecule has 0 fully saturated rings. The number of aliphatic carboxylic acids is 1. The third-order valence-corrected chi connectivity index (χ3v) is 2.53. The van der Waals surface area contributed by atoms with Gasteiger partial charge in [-0.3, -0.25) is 4.79 Å². The Bertz CT molecular complexity index is 300. The van der Waals surface area contributed by atoms with Crippen molar-refractivity contribution >= 4 is 15.8 Å². The highest BCUT2D eigenvalue weighted by atomic mass is 32.2. The van der Waals surface area contributed by atoms with E-state index in [1.54, 1.807) is 0 Å². The van der Waals surface area contributed by atoms with Crippen LogP contribution in [0.15, 0.2) is 0 Å². The second-order valence-corrected chi connectivity index (χ2v) is 4.31. The maximum atomic E-state index is 10.9. The van der Waals surface area contributed by atoms with Crippen LogP contribution in [0.5, 0.6) is 0 Å². The van der Waals surface area contributed by atoms with E-state index < -0.39 is 33.4 Å². The zero-order valence-corrected chi connectivity index (χ0v) is 7.04. The SMILES string of the molecule is C#CCS(=O)(=O)CC(N)C(=O)O. The molecule has 0 saturated carbocycles. The third kappa shape index (κ3) is 3.95. The Kier molecular flexibility index (Phi) is 3.73. The van der Waals surface area contributed by atoms with Gasteiger partial charge in [-0.1, -0.05) is 5.92 Å². The van der Waals surface area contributed by atoms with Crippen LogP contribution in [0, 0.1) is 12.3 Å². The summed E-state index contributed by atoms with van der Waals surface area (Å²) in [6.07, 6.45) is 4.75. The highest BCUT2D eigenvalue weighted by Crippen LogP contribution is 1.92. The standard InChI is InChI=1S/C6H9NO4S/c1-2-3-12(10,11)4-5(7)6(8)9/h1,5H,3-4,7H2,(H,8,9). The van der Waals surface area contributed by atoms with Gasteiger partial charge >= 0.3 is 5.97 Å². The summed E-state index contributed by atoms with van der Waals surface area (Å²) < 4.78 is 21.7. The highest BCUT2D eigenvalue weighted by molar-refractivity contribution is 7.91. The zero-order valence-electron chi connectivity index (χ0n) is 6.23. The molecule has 6 heteroatoms. The molecule has 0 aliphatic rings. The summed E-state index contributed by atoms with van der Waals surface area (Å²) in [6.45, 7) is 0. The Labute approximate surface area is 70.5 Å². The maximum Gasteiger partial charge on any atom is 0.321 e. The fourth-order valence-electron chi connectivity index (χ4n) is 0.531. The van der Waals surface area contributed by atoms with Gasteiger partial charge in [0, 0.05) is 0 Å². The molecule has 0 radical (unpaired) electrons. The van der Waals surface area contributed by atoms with E-state index in [0.717, 1.165) is 0 Å². The number of carboxylic acids is 1. The molecule has 0 spiro atoms. The fourth-order valence-corrected chi connectivity index (χ4v) is 1.59. The van der Waals surface area contributed by atoms with Gasteiger partial charge in [-0.15, -0.1) is 6.42 Å². The second-order valence-electron chi connectivity index (χ2n) is 2.20. The van der Waals surface area contributed by atoms with Crippen molar-refractivity contribution in [1.29, 1.82) is 0 Å². The molecule has 0 amide bonds. The van der Waals surface area contributed by atoms with Gasteiger partial charge in [0.05, 0.1) is 5.75 Å². The lowest BCUT2D eigenvalue weighted by Gasteiger charge is -2.04. The summed E-state index contributed by atoms with van der Waals surface area (Å²) in [5.41, 5.74) is 4.99. The zero-order chi connectivity index (χ0) is 9.78. The van der Waals surface area contributed by atoms with E-state index in [1.807, 2.05) is 5.92 Å². The molecule has 0 saturated heterocycles. The first-order valence-corrected chi connectivity index (χ1v) is 4.83. The van der Waals surface area contributed by atoms with Crippen molar-refractivity contribution in [3.63, 3.8) is 0 Å². The lowest BCUT2D eigenvalue weighted by molar-refractivity contribution is -0.137. The average molecular weight is 191 g/mol. The Morgan fingerprint density at radius 3 is 2.50 bits per heavy atom. The number of hydrogen-bond acceptors (Lipinski definition) is 4. The largest absolute Gasteiger partial charge is 0.480 e. The van der Waals surface area contributed by atoms with Crippen molar-refractivity contribution in [3.05, 3.63) is 0 Å². The molecule has 0 heterocycles. The van der Waals surface area contributed by atoms with Crippen LogP contribution in [0.4, 0.5) is 0 Å². The molecule has 1 atom stereocenters. The molecule has 0 aliphatic carbocycles. The van der Waals surface area contributed by atoms with Crippen LogP contribution in [0.1, 0.15) is 0 Å². The second kappa shape index (κ2) is 4.09. The molecule has 0 aliphatic heterocycles. The summed E-state index contributed by atoms with van der Waals surface area (Å²) in [5.74, 6) is -0.532. The van der Waals surface area contributed by atoms with Crippen LogP contribution in [-0.4, -0.2) is 37.0 Å². The number of hydrogen-bond donors (Lipinski definition) is 2. The van der Waals surface area contributed by atoms with E-state index in [0.29, 0.717) is 0 Å². The van der Waals surface area contributed by atoms with Crippen LogP contribution in [0.3, 0.4) is 0 Å². The van der Waals surface area contributed by atoms with E-state index in [4.69, 9.17) is 17.3 Å². The van der Waals surface area contributed by atoms with Crippen LogP contribution in [0.2, 0.25) is 0 Å². The smallest absolute Gasteiger partial charge is 0.321 e. The normalized spacial score (nSPS) is 13.3. The molecular formula is C6H9NO4S. The number of carboxylic acid groups (broad SMARTS) is 1. The van der Waals surface area contributed by atoms with E-state index in [-0.39, 0.29) is 0 Å². The minimum Gasteiger partial charge on any atom is -0.480 e. The van der Waals surface area contributed by atoms with Crippen LogP contribution >= 0.6 is 0 Å². The first kappa shape index (κ1) is 10.9. The lowest BCUT2D eigenvalue weighted by Crippen LogP contribution is -2.37. The number of carbonyl (C=O) groups is 1.